The molecule has 3 aromatic carbocycles. The summed E-state index contributed by atoms with van der Waals surface area (Å²) in [7, 11) is 0. The summed E-state index contributed by atoms with van der Waals surface area (Å²) in [4.78, 5) is 17.7. The smallest absolute Gasteiger partial charge is 0.269 e. The molecule has 0 aliphatic carbocycles. The third-order valence-electron chi connectivity index (χ3n) is 5.31. The molecule has 3 N–H and O–H groups in total. The summed E-state index contributed by atoms with van der Waals surface area (Å²) in [6.07, 6.45) is 0.888. The Balaban J connectivity index is 1.35. The Hall–Kier alpha value is -3.46. The Morgan fingerprint density at radius 3 is 2.79 bits per heavy atom. The van der Waals surface area contributed by atoms with Crippen LogP contribution in [0.1, 0.15) is 22.2 Å². The van der Waals surface area contributed by atoms with Gasteiger partial charge in [0.2, 0.25) is 5.89 Å². The topological polar surface area (TPSA) is 87.4 Å². The molecule has 1 amide bonds. The van der Waals surface area contributed by atoms with Crippen molar-refractivity contribution in [1.29, 1.82) is 0 Å². The van der Waals surface area contributed by atoms with Crippen LogP contribution < -0.4 is 10.6 Å². The summed E-state index contributed by atoms with van der Waals surface area (Å²) >= 11 is 13.0. The van der Waals surface area contributed by atoms with Crippen LogP contribution in [0.15, 0.2) is 65.1 Å². The van der Waals surface area contributed by atoms with Crippen LogP contribution in [0.4, 0.5) is 5.69 Å². The second-order valence-electron chi connectivity index (χ2n) is 7.56. The average Bonchev–Trinajstić information content (AvgIpc) is 3.41. The van der Waals surface area contributed by atoms with Crippen molar-refractivity contribution in [1.82, 2.24) is 10.3 Å². The zero-order chi connectivity index (χ0) is 23.8. The van der Waals surface area contributed by atoms with Gasteiger partial charge in [-0.05, 0) is 60.6 Å². The molecule has 0 fully saturated rings. The van der Waals surface area contributed by atoms with E-state index in [1.54, 1.807) is 12.1 Å². The Bertz CT molecular complexity index is 1570. The molecule has 0 unspecified atom stereocenters. The van der Waals surface area contributed by atoms with Crippen molar-refractivity contribution in [2.24, 2.45) is 0 Å². The van der Waals surface area contributed by atoms with Crippen LogP contribution in [0.25, 0.3) is 32.6 Å². The average molecular weight is 508 g/mol. The summed E-state index contributed by atoms with van der Waals surface area (Å²) in [5, 5.41) is 17.3. The van der Waals surface area contributed by atoms with E-state index in [1.165, 1.54) is 17.4 Å². The minimum absolute atomic E-state index is 0.0137. The van der Waals surface area contributed by atoms with Crippen molar-refractivity contribution in [2.45, 2.75) is 13.3 Å². The number of thiophene rings is 1. The van der Waals surface area contributed by atoms with E-state index in [4.69, 9.17) is 28.2 Å². The number of nitrogens with one attached hydrogen (secondary N) is 2. The zero-order valence-electron chi connectivity index (χ0n) is 17.9. The molecule has 0 saturated heterocycles. The largest absolute Gasteiger partial charge is 0.507 e. The number of phenolic OH excluding ortho intramolecular Hbond substituents is 1. The molecule has 0 bridgehead atoms. The molecule has 0 spiro atoms. The van der Waals surface area contributed by atoms with E-state index in [0.29, 0.717) is 26.7 Å². The van der Waals surface area contributed by atoms with Gasteiger partial charge in [-0.15, -0.1) is 11.3 Å². The minimum atomic E-state index is -0.395. The van der Waals surface area contributed by atoms with Gasteiger partial charge in [0, 0.05) is 15.8 Å². The summed E-state index contributed by atoms with van der Waals surface area (Å²) in [6, 6.07) is 18.2. The van der Waals surface area contributed by atoms with Crippen LogP contribution in [0, 0.1) is 0 Å². The fourth-order valence-corrected chi connectivity index (χ4v) is 5.20. The maximum Gasteiger partial charge on any atom is 0.269 e. The van der Waals surface area contributed by atoms with Gasteiger partial charge < -0.3 is 14.8 Å². The number of anilines is 1. The van der Waals surface area contributed by atoms with Crippen LogP contribution in [0.3, 0.4) is 0 Å². The standard InChI is InChI=1S/C25H18ClN3O3S2/c1-2-13-7-10-19-17(11-13)28-24(32-19)16-12-14(8-9-18(16)30)27-25(33)29-23(31)22-21(26)15-5-3-4-6-20(15)34-22/h3-12,30H,2H2,1H3,(H2,27,29,31,33). The van der Waals surface area contributed by atoms with Gasteiger partial charge in [-0.3, -0.25) is 10.1 Å². The number of thiocarbonyl (C=S) groups is 1. The molecule has 9 heteroatoms. The molecule has 6 nitrogen and oxygen atoms in total. The number of fused-ring (bicyclic) bond motifs is 2. The fourth-order valence-electron chi connectivity index (χ4n) is 3.58. The van der Waals surface area contributed by atoms with Crippen molar-refractivity contribution in [3.05, 3.63) is 76.1 Å². The fraction of sp³-hybridized carbons (Fsp3) is 0.0800. The van der Waals surface area contributed by atoms with E-state index in [1.807, 2.05) is 42.5 Å². The first-order valence-electron chi connectivity index (χ1n) is 10.4. The molecule has 0 atom stereocenters. The number of aromatic hydroxyl groups is 1. The highest BCUT2D eigenvalue weighted by molar-refractivity contribution is 7.80. The predicted molar refractivity (Wildman–Crippen MR) is 141 cm³/mol. The molecule has 34 heavy (non-hydrogen) atoms. The van der Waals surface area contributed by atoms with E-state index in [9.17, 15) is 9.90 Å². The first-order valence-corrected chi connectivity index (χ1v) is 12.1. The molecule has 0 aliphatic heterocycles. The van der Waals surface area contributed by atoms with Gasteiger partial charge in [-0.1, -0.05) is 42.8 Å². The van der Waals surface area contributed by atoms with Crippen molar-refractivity contribution < 1.29 is 14.3 Å². The Labute approximate surface area is 209 Å². The number of nitrogens with zero attached hydrogens (tertiary/aromatic N) is 1. The van der Waals surface area contributed by atoms with Crippen LogP contribution >= 0.6 is 35.2 Å². The van der Waals surface area contributed by atoms with Gasteiger partial charge in [0.15, 0.2) is 10.7 Å². The van der Waals surface area contributed by atoms with Crippen LogP contribution in [-0.2, 0) is 6.42 Å². The highest BCUT2D eigenvalue weighted by Crippen LogP contribution is 2.35. The van der Waals surface area contributed by atoms with E-state index in [0.717, 1.165) is 27.6 Å². The quantitative estimate of drug-likeness (QED) is 0.184. The maximum absolute atomic E-state index is 12.8. The molecule has 170 valence electrons. The lowest BCUT2D eigenvalue weighted by Gasteiger charge is -2.10. The first-order chi connectivity index (χ1) is 16.4. The predicted octanol–water partition coefficient (Wildman–Crippen LogP) is 6.76. The van der Waals surface area contributed by atoms with E-state index in [-0.39, 0.29) is 16.8 Å². The van der Waals surface area contributed by atoms with Crippen molar-refractivity contribution in [3.63, 3.8) is 0 Å². The third kappa shape index (κ3) is 4.23. The van der Waals surface area contributed by atoms with Crippen LogP contribution in [0.2, 0.25) is 5.02 Å². The van der Waals surface area contributed by atoms with Gasteiger partial charge >= 0.3 is 0 Å². The number of oxazole rings is 1. The van der Waals surface area contributed by atoms with E-state index >= 15 is 0 Å². The SMILES string of the molecule is CCc1ccc2oc(-c3cc(NC(=S)NC(=O)c4sc5ccccc5c4Cl)ccc3O)nc2c1. The zero-order valence-corrected chi connectivity index (χ0v) is 20.3. The number of hydrogen-bond donors (Lipinski definition) is 3. The Kier molecular flexibility index (Phi) is 5.95. The van der Waals surface area contributed by atoms with Gasteiger partial charge in [-0.2, -0.15) is 0 Å². The number of phenols is 1. The van der Waals surface area contributed by atoms with Gasteiger partial charge in [0.05, 0.1) is 10.6 Å². The molecule has 0 saturated carbocycles. The highest BCUT2D eigenvalue weighted by atomic mass is 35.5. The number of rotatable bonds is 4. The molecule has 2 heterocycles. The summed E-state index contributed by atoms with van der Waals surface area (Å²) in [5.41, 5.74) is 3.45. The van der Waals surface area contributed by atoms with Crippen LogP contribution in [-0.4, -0.2) is 21.1 Å². The third-order valence-corrected chi connectivity index (χ3v) is 7.19. The molecule has 5 aromatic rings. The highest BCUT2D eigenvalue weighted by Gasteiger charge is 2.19. The number of hydrogen-bond acceptors (Lipinski definition) is 6. The molecule has 5 rings (SSSR count). The van der Waals surface area contributed by atoms with Gasteiger partial charge in [0.1, 0.15) is 16.1 Å². The number of benzene rings is 3. The molecular weight excluding hydrogens is 490 g/mol. The van der Waals surface area contributed by atoms with E-state index < -0.39 is 5.91 Å². The van der Waals surface area contributed by atoms with Gasteiger partial charge in [-0.25, -0.2) is 4.98 Å². The number of carbonyl (C=O) groups is 1. The monoisotopic (exact) mass is 507 g/mol. The minimum Gasteiger partial charge on any atom is -0.507 e. The molecular formula is C25H18ClN3O3S2. The number of aromatic nitrogens is 1. The Morgan fingerprint density at radius 1 is 1.18 bits per heavy atom. The van der Waals surface area contributed by atoms with Crippen molar-refractivity contribution in [3.8, 4) is 17.2 Å². The summed E-state index contributed by atoms with van der Waals surface area (Å²) in [5.74, 6) is -0.0929. The molecule has 0 aliphatic rings. The number of halogens is 1. The van der Waals surface area contributed by atoms with Crippen molar-refractivity contribution >= 4 is 73.0 Å². The second-order valence-corrected chi connectivity index (χ2v) is 9.39. The number of carbonyl (C=O) groups excluding carboxylic acids is 1. The number of aryl methyl sites for hydroxylation is 1. The second kappa shape index (κ2) is 9.06. The summed E-state index contributed by atoms with van der Waals surface area (Å²) < 4.78 is 6.76. The Morgan fingerprint density at radius 2 is 2.00 bits per heavy atom. The number of amides is 1. The maximum atomic E-state index is 12.8. The van der Waals surface area contributed by atoms with Gasteiger partial charge in [0.25, 0.3) is 5.91 Å². The lowest BCUT2D eigenvalue weighted by atomic mass is 10.1. The van der Waals surface area contributed by atoms with E-state index in [2.05, 4.69) is 22.5 Å². The lowest BCUT2D eigenvalue weighted by Crippen LogP contribution is -2.33. The normalized spacial score (nSPS) is 11.1. The first kappa shape index (κ1) is 22.3. The molecule has 0 radical (unpaired) electrons. The lowest BCUT2D eigenvalue weighted by molar-refractivity contribution is 0.0982. The summed E-state index contributed by atoms with van der Waals surface area (Å²) in [6.45, 7) is 2.07. The van der Waals surface area contributed by atoms with Crippen LogP contribution in [0.5, 0.6) is 5.75 Å². The van der Waals surface area contributed by atoms with Crippen molar-refractivity contribution in [2.75, 3.05) is 5.32 Å². The molecule has 2 aromatic heterocycles.